The zero-order valence-corrected chi connectivity index (χ0v) is 16.7. The van der Waals surface area contributed by atoms with E-state index >= 15 is 0 Å². The lowest BCUT2D eigenvalue weighted by Gasteiger charge is -2.34. The second-order valence-corrected chi connectivity index (χ2v) is 7.59. The molecule has 2 aromatic carbocycles. The largest absolute Gasteiger partial charge is 0.414 e. The Morgan fingerprint density at radius 2 is 1.76 bits per heavy atom. The number of hydrogen-bond acceptors (Lipinski definition) is 3. The second kappa shape index (κ2) is 10.2. The first-order chi connectivity index (χ1) is 13.9. The SMILES string of the molecule is CC(OCCc1ccc(CN[C@H]2CCCNC2c2ccccc2)cc1)C(F)(F)F. The van der Waals surface area contributed by atoms with Gasteiger partial charge in [-0.15, -0.1) is 0 Å². The van der Waals surface area contributed by atoms with Gasteiger partial charge in [-0.2, -0.15) is 13.2 Å². The van der Waals surface area contributed by atoms with Gasteiger partial charge in [0.1, 0.15) is 0 Å². The number of ether oxygens (including phenoxy) is 1. The lowest BCUT2D eigenvalue weighted by molar-refractivity contribution is -0.213. The molecule has 0 aliphatic carbocycles. The molecule has 2 unspecified atom stereocenters. The minimum Gasteiger partial charge on any atom is -0.369 e. The molecule has 1 heterocycles. The van der Waals surface area contributed by atoms with Gasteiger partial charge < -0.3 is 15.4 Å². The van der Waals surface area contributed by atoms with Crippen molar-refractivity contribution in [1.82, 2.24) is 10.6 Å². The highest BCUT2D eigenvalue weighted by atomic mass is 19.4. The van der Waals surface area contributed by atoms with E-state index in [1.165, 1.54) is 5.56 Å². The van der Waals surface area contributed by atoms with Crippen LogP contribution in [0.5, 0.6) is 0 Å². The molecule has 6 heteroatoms. The van der Waals surface area contributed by atoms with Gasteiger partial charge in [0.25, 0.3) is 0 Å². The van der Waals surface area contributed by atoms with Gasteiger partial charge in [0.05, 0.1) is 6.61 Å². The number of benzene rings is 2. The fraction of sp³-hybridized carbons (Fsp3) is 0.478. The van der Waals surface area contributed by atoms with E-state index in [2.05, 4.69) is 34.9 Å². The number of rotatable bonds is 8. The van der Waals surface area contributed by atoms with E-state index in [0.29, 0.717) is 18.5 Å². The van der Waals surface area contributed by atoms with Gasteiger partial charge in [0.2, 0.25) is 0 Å². The van der Waals surface area contributed by atoms with Crippen LogP contribution in [0, 0.1) is 0 Å². The molecule has 1 aliphatic rings. The molecule has 3 rings (SSSR count). The summed E-state index contributed by atoms with van der Waals surface area (Å²) in [4.78, 5) is 0. The lowest BCUT2D eigenvalue weighted by atomic mass is 9.92. The molecule has 1 saturated heterocycles. The second-order valence-electron chi connectivity index (χ2n) is 7.59. The number of alkyl halides is 3. The first kappa shape index (κ1) is 21.8. The van der Waals surface area contributed by atoms with Gasteiger partial charge in [-0.1, -0.05) is 54.6 Å². The molecule has 2 aromatic rings. The molecule has 2 N–H and O–H groups in total. The summed E-state index contributed by atoms with van der Waals surface area (Å²) in [6.45, 7) is 2.89. The zero-order chi connectivity index (χ0) is 20.7. The van der Waals surface area contributed by atoms with Crippen LogP contribution < -0.4 is 10.6 Å². The lowest BCUT2D eigenvalue weighted by Crippen LogP contribution is -2.45. The van der Waals surface area contributed by atoms with Crippen molar-refractivity contribution in [3.8, 4) is 0 Å². The highest BCUT2D eigenvalue weighted by Gasteiger charge is 2.36. The van der Waals surface area contributed by atoms with Crippen molar-refractivity contribution in [2.45, 2.75) is 57.1 Å². The minimum absolute atomic E-state index is 0.0603. The van der Waals surface area contributed by atoms with Crippen LogP contribution >= 0.6 is 0 Å². The third-order valence-corrected chi connectivity index (χ3v) is 5.43. The molecular formula is C23H29F3N2O. The van der Waals surface area contributed by atoms with E-state index in [-0.39, 0.29) is 6.61 Å². The number of halogens is 3. The normalized spacial score (nSPS) is 21.1. The smallest absolute Gasteiger partial charge is 0.369 e. The highest BCUT2D eigenvalue weighted by Crippen LogP contribution is 2.24. The number of piperidine rings is 1. The minimum atomic E-state index is -4.30. The molecule has 0 aromatic heterocycles. The molecule has 3 nitrogen and oxygen atoms in total. The quantitative estimate of drug-likeness (QED) is 0.662. The fourth-order valence-electron chi connectivity index (χ4n) is 3.64. The van der Waals surface area contributed by atoms with E-state index in [4.69, 9.17) is 4.74 Å². The summed E-state index contributed by atoms with van der Waals surface area (Å²) in [6.07, 6.45) is -3.29. The van der Waals surface area contributed by atoms with E-state index in [1.807, 2.05) is 30.3 Å². The summed E-state index contributed by atoms with van der Waals surface area (Å²) in [5.74, 6) is 0. The Labute approximate surface area is 170 Å². The maximum Gasteiger partial charge on any atom is 0.414 e. The Morgan fingerprint density at radius 3 is 2.45 bits per heavy atom. The topological polar surface area (TPSA) is 33.3 Å². The first-order valence-electron chi connectivity index (χ1n) is 10.2. The maximum absolute atomic E-state index is 12.5. The number of nitrogens with one attached hydrogen (secondary N) is 2. The van der Waals surface area contributed by atoms with Gasteiger partial charge in [-0.25, -0.2) is 0 Å². The molecule has 0 bridgehead atoms. The Hall–Kier alpha value is -1.89. The maximum atomic E-state index is 12.5. The van der Waals surface area contributed by atoms with E-state index in [1.54, 1.807) is 0 Å². The molecule has 29 heavy (non-hydrogen) atoms. The van der Waals surface area contributed by atoms with Crippen LogP contribution in [0.2, 0.25) is 0 Å². The summed E-state index contributed by atoms with van der Waals surface area (Å²) in [5.41, 5.74) is 3.44. The molecule has 0 saturated carbocycles. The Kier molecular flexibility index (Phi) is 7.70. The first-order valence-corrected chi connectivity index (χ1v) is 10.2. The molecule has 0 amide bonds. The van der Waals surface area contributed by atoms with Crippen LogP contribution in [0.15, 0.2) is 54.6 Å². The van der Waals surface area contributed by atoms with Gasteiger partial charge in [-0.3, -0.25) is 0 Å². The van der Waals surface area contributed by atoms with Gasteiger partial charge >= 0.3 is 6.18 Å². The predicted molar refractivity (Wildman–Crippen MR) is 109 cm³/mol. The van der Waals surface area contributed by atoms with Crippen molar-refractivity contribution in [2.75, 3.05) is 13.2 Å². The average Bonchev–Trinajstić information content (AvgIpc) is 2.73. The van der Waals surface area contributed by atoms with E-state index in [9.17, 15) is 13.2 Å². The third-order valence-electron chi connectivity index (χ3n) is 5.43. The molecule has 3 atom stereocenters. The van der Waals surface area contributed by atoms with Crippen molar-refractivity contribution in [1.29, 1.82) is 0 Å². The van der Waals surface area contributed by atoms with E-state index in [0.717, 1.165) is 44.0 Å². The van der Waals surface area contributed by atoms with Crippen LogP contribution in [0.25, 0.3) is 0 Å². The van der Waals surface area contributed by atoms with Gasteiger partial charge in [0.15, 0.2) is 6.10 Å². The van der Waals surface area contributed by atoms with Gasteiger partial charge in [-0.05, 0) is 49.4 Å². The van der Waals surface area contributed by atoms with Crippen molar-refractivity contribution < 1.29 is 17.9 Å². The Morgan fingerprint density at radius 1 is 1.07 bits per heavy atom. The molecule has 1 aliphatic heterocycles. The van der Waals surface area contributed by atoms with Crippen LogP contribution in [0.4, 0.5) is 13.2 Å². The summed E-state index contributed by atoms with van der Waals surface area (Å²) in [7, 11) is 0. The van der Waals surface area contributed by atoms with Gasteiger partial charge in [0, 0.05) is 18.6 Å². The average molecular weight is 406 g/mol. The summed E-state index contributed by atoms with van der Waals surface area (Å²) in [5, 5.41) is 7.29. The summed E-state index contributed by atoms with van der Waals surface area (Å²) >= 11 is 0. The standard InChI is InChI=1S/C23H29F3N2O/c1-17(23(24,25)26)29-15-13-18-9-11-19(12-10-18)16-28-21-8-5-14-27-22(21)20-6-3-2-4-7-20/h2-4,6-7,9-12,17,21-22,27-28H,5,8,13-16H2,1H3/t17?,21-,22?/m0/s1. The molecule has 158 valence electrons. The van der Waals surface area contributed by atoms with Crippen LogP contribution in [-0.2, 0) is 17.7 Å². The van der Waals surface area contributed by atoms with Crippen LogP contribution in [0.1, 0.15) is 42.5 Å². The third kappa shape index (κ3) is 6.56. The zero-order valence-electron chi connectivity index (χ0n) is 16.7. The molecule has 1 fully saturated rings. The van der Waals surface area contributed by atoms with E-state index < -0.39 is 12.3 Å². The summed E-state index contributed by atoms with van der Waals surface area (Å²) in [6, 6.07) is 19.2. The molecule has 0 spiro atoms. The monoisotopic (exact) mass is 406 g/mol. The fourth-order valence-corrected chi connectivity index (χ4v) is 3.64. The van der Waals surface area contributed by atoms with Crippen molar-refractivity contribution >= 4 is 0 Å². The van der Waals surface area contributed by atoms with Crippen molar-refractivity contribution in [3.05, 3.63) is 71.3 Å². The van der Waals surface area contributed by atoms with Crippen LogP contribution in [0.3, 0.4) is 0 Å². The molecular weight excluding hydrogens is 377 g/mol. The van der Waals surface area contributed by atoms with Crippen molar-refractivity contribution in [3.63, 3.8) is 0 Å². The highest BCUT2D eigenvalue weighted by molar-refractivity contribution is 5.24. The number of hydrogen-bond donors (Lipinski definition) is 2. The Bertz CT molecular complexity index is 734. The van der Waals surface area contributed by atoms with Crippen molar-refractivity contribution in [2.24, 2.45) is 0 Å². The molecule has 0 radical (unpaired) electrons. The predicted octanol–water partition coefficient (Wildman–Crippen LogP) is 4.78. The summed E-state index contributed by atoms with van der Waals surface area (Å²) < 4.78 is 42.3. The Balaban J connectivity index is 1.48. The van der Waals surface area contributed by atoms with Crippen LogP contribution in [-0.4, -0.2) is 31.5 Å².